The Kier molecular flexibility index (Phi) is 11.7. The Balaban J connectivity index is 2.60. The van der Waals surface area contributed by atoms with Gasteiger partial charge in [-0.1, -0.05) is 46.5 Å². The molecule has 0 saturated carbocycles. The van der Waals surface area contributed by atoms with Crippen molar-refractivity contribution in [2.24, 2.45) is 0 Å². The van der Waals surface area contributed by atoms with E-state index in [2.05, 4.69) is 41.2 Å². The van der Waals surface area contributed by atoms with Gasteiger partial charge in [-0.15, -0.1) is 0 Å². The molecule has 2 aromatic rings. The van der Waals surface area contributed by atoms with Gasteiger partial charge < -0.3 is 13.3 Å². The Morgan fingerprint density at radius 2 is 1.15 bits per heavy atom. The van der Waals surface area contributed by atoms with Crippen molar-refractivity contribution in [3.63, 3.8) is 0 Å². The first-order valence-corrected chi connectivity index (χ1v) is 14.3. The Labute approximate surface area is 200 Å². The minimum Gasteiger partial charge on any atom is -0.373 e. The lowest BCUT2D eigenvalue weighted by Gasteiger charge is -2.41. The summed E-state index contributed by atoms with van der Waals surface area (Å²) in [5.41, 5.74) is 0. The number of hydrogen-bond donors (Lipinski definition) is 2. The van der Waals surface area contributed by atoms with E-state index in [9.17, 15) is 0 Å². The quantitative estimate of drug-likeness (QED) is 0.239. The largest absolute Gasteiger partial charge is 0.523 e. The third kappa shape index (κ3) is 6.29. The van der Waals surface area contributed by atoms with Crippen molar-refractivity contribution in [2.75, 3.05) is 19.8 Å². The molecule has 0 aliphatic heterocycles. The van der Waals surface area contributed by atoms with Crippen molar-refractivity contribution in [1.29, 1.82) is 0 Å². The average Bonchev–Trinajstić information content (AvgIpc) is 3.47. The van der Waals surface area contributed by atoms with Crippen molar-refractivity contribution in [2.45, 2.75) is 97.4 Å². The number of unbranched alkanes of at least 4 members (excludes halogenated alkanes) is 4. The monoisotopic (exact) mass is 479 g/mol. The lowest BCUT2D eigenvalue weighted by atomic mass is 10.0. The van der Waals surface area contributed by atoms with Gasteiger partial charge in [0.2, 0.25) is 0 Å². The molecule has 0 aromatic carbocycles. The van der Waals surface area contributed by atoms with Crippen molar-refractivity contribution in [1.82, 2.24) is 30.4 Å². The number of aromatic amines is 2. The fraction of sp³-hybridized carbons (Fsp3) is 0.783. The molecule has 33 heavy (non-hydrogen) atoms. The number of nitrogens with one attached hydrogen (secondary N) is 2. The molecule has 0 saturated heterocycles. The standard InChI is InChI=1S/C23H43N6O3Si/c1-7-13-15-17-19-24-21(28-26-19)23(9-3,33(30-10-4,31-11-5)32-12-6)22-25-20(27-29-22)18-16-14-8-2/h3,7-18H2,1-2,4-6H3,(H,24,26,28)(H,25,27,29). The number of rotatable bonds is 18. The maximum Gasteiger partial charge on any atom is 0.523 e. The van der Waals surface area contributed by atoms with Crippen LogP contribution in [-0.2, 0) is 31.2 Å². The highest BCUT2D eigenvalue weighted by atomic mass is 28.4. The number of aryl methyl sites for hydroxylation is 2. The highest BCUT2D eigenvalue weighted by Crippen LogP contribution is 2.42. The van der Waals surface area contributed by atoms with Gasteiger partial charge in [-0.05, 0) is 40.0 Å². The molecule has 0 aliphatic carbocycles. The number of H-pyrrole nitrogens is 2. The van der Waals surface area contributed by atoms with Crippen LogP contribution in [0.15, 0.2) is 0 Å². The Bertz CT molecular complexity index is 731. The summed E-state index contributed by atoms with van der Waals surface area (Å²) in [6.07, 6.45) is 8.70. The van der Waals surface area contributed by atoms with E-state index in [-0.39, 0.29) is 0 Å². The van der Waals surface area contributed by atoms with E-state index in [0.717, 1.165) is 63.0 Å². The van der Waals surface area contributed by atoms with Gasteiger partial charge in [0.05, 0.1) is 0 Å². The molecule has 0 spiro atoms. The topological polar surface area (TPSA) is 111 Å². The zero-order valence-electron chi connectivity index (χ0n) is 21.2. The fourth-order valence-corrected chi connectivity index (χ4v) is 7.30. The van der Waals surface area contributed by atoms with Gasteiger partial charge in [-0.25, -0.2) is 9.97 Å². The minimum atomic E-state index is -3.46. The van der Waals surface area contributed by atoms with Crippen LogP contribution in [0.3, 0.4) is 0 Å². The zero-order valence-corrected chi connectivity index (χ0v) is 22.2. The second-order valence-electron chi connectivity index (χ2n) is 8.14. The summed E-state index contributed by atoms with van der Waals surface area (Å²) >= 11 is 0. The summed E-state index contributed by atoms with van der Waals surface area (Å²) in [6, 6.07) is 0. The van der Waals surface area contributed by atoms with Crippen LogP contribution in [0.4, 0.5) is 0 Å². The molecular formula is C23H43N6O3Si. The summed E-state index contributed by atoms with van der Waals surface area (Å²) in [6.45, 7) is 15.8. The first kappa shape index (κ1) is 27.6. The van der Waals surface area contributed by atoms with Gasteiger partial charge in [0, 0.05) is 32.7 Å². The van der Waals surface area contributed by atoms with Crippen LogP contribution in [0.25, 0.3) is 0 Å². The van der Waals surface area contributed by atoms with Crippen LogP contribution in [0.5, 0.6) is 0 Å². The van der Waals surface area contributed by atoms with E-state index in [0.29, 0.717) is 37.9 Å². The van der Waals surface area contributed by atoms with Crippen LogP contribution >= 0.6 is 0 Å². The third-order valence-corrected chi connectivity index (χ3v) is 9.51. The molecule has 1 radical (unpaired) electrons. The molecule has 0 amide bonds. The predicted octanol–water partition coefficient (Wildman–Crippen LogP) is 4.49. The second kappa shape index (κ2) is 13.9. The summed E-state index contributed by atoms with van der Waals surface area (Å²) in [7, 11) is -3.46. The van der Waals surface area contributed by atoms with Gasteiger partial charge in [0.25, 0.3) is 0 Å². The second-order valence-corrected chi connectivity index (χ2v) is 11.0. The molecule has 187 valence electrons. The van der Waals surface area contributed by atoms with Crippen molar-refractivity contribution >= 4 is 8.80 Å². The summed E-state index contributed by atoms with van der Waals surface area (Å²) in [5, 5.41) is 14.5. The molecule has 0 unspecified atom stereocenters. The van der Waals surface area contributed by atoms with E-state index >= 15 is 0 Å². The smallest absolute Gasteiger partial charge is 0.373 e. The van der Waals surface area contributed by atoms with E-state index in [1.165, 1.54) is 0 Å². The fourth-order valence-electron chi connectivity index (χ4n) is 4.10. The van der Waals surface area contributed by atoms with Crippen molar-refractivity contribution < 1.29 is 13.3 Å². The van der Waals surface area contributed by atoms with Gasteiger partial charge in [0.1, 0.15) is 11.6 Å². The van der Waals surface area contributed by atoms with Gasteiger partial charge in [-0.2, -0.15) is 10.2 Å². The summed E-state index contributed by atoms with van der Waals surface area (Å²) < 4.78 is 19.1. The maximum atomic E-state index is 6.36. The third-order valence-electron chi connectivity index (χ3n) is 5.76. The molecule has 0 aliphatic rings. The lowest BCUT2D eigenvalue weighted by molar-refractivity contribution is 0.0475. The van der Waals surface area contributed by atoms with E-state index in [1.807, 2.05) is 20.8 Å². The molecule has 2 N–H and O–H groups in total. The molecule has 0 atom stereocenters. The van der Waals surface area contributed by atoms with Crippen molar-refractivity contribution in [3.05, 3.63) is 30.2 Å². The number of hydrogen-bond acceptors (Lipinski definition) is 7. The van der Waals surface area contributed by atoms with Crippen LogP contribution in [0, 0.1) is 6.92 Å². The minimum absolute atomic E-state index is 0.345. The predicted molar refractivity (Wildman–Crippen MR) is 131 cm³/mol. The molecular weight excluding hydrogens is 436 g/mol. The van der Waals surface area contributed by atoms with Gasteiger partial charge >= 0.3 is 8.80 Å². The SMILES string of the molecule is [CH2]CC(c1n[nH]c(CCCCC)n1)(c1n[nH]c(CCCCC)n1)[Si](OCC)(OCC)OCC. The number of aromatic nitrogens is 6. The number of nitrogens with zero attached hydrogens (tertiary/aromatic N) is 4. The lowest BCUT2D eigenvalue weighted by Crippen LogP contribution is -2.64. The Morgan fingerprint density at radius 3 is 1.48 bits per heavy atom. The van der Waals surface area contributed by atoms with Crippen molar-refractivity contribution in [3.8, 4) is 0 Å². The average molecular weight is 480 g/mol. The van der Waals surface area contributed by atoms with E-state index in [4.69, 9.17) is 23.2 Å². The molecule has 2 rings (SSSR count). The van der Waals surface area contributed by atoms with E-state index < -0.39 is 13.8 Å². The first-order chi connectivity index (χ1) is 16.1. The molecule has 0 bridgehead atoms. The Hall–Kier alpha value is -1.62. The van der Waals surface area contributed by atoms with Crippen LogP contribution in [0.2, 0.25) is 0 Å². The van der Waals surface area contributed by atoms with Crippen LogP contribution < -0.4 is 0 Å². The molecule has 10 heteroatoms. The van der Waals surface area contributed by atoms with Gasteiger partial charge in [-0.3, -0.25) is 10.2 Å². The molecule has 2 heterocycles. The van der Waals surface area contributed by atoms with Crippen LogP contribution in [-0.4, -0.2) is 59.0 Å². The van der Waals surface area contributed by atoms with Gasteiger partial charge in [0.15, 0.2) is 16.7 Å². The molecule has 9 nitrogen and oxygen atoms in total. The Morgan fingerprint density at radius 1 is 0.727 bits per heavy atom. The molecule has 2 aromatic heterocycles. The zero-order chi connectivity index (χ0) is 24.2. The summed E-state index contributed by atoms with van der Waals surface area (Å²) in [4.78, 5) is 9.79. The highest BCUT2D eigenvalue weighted by Gasteiger charge is 2.67. The summed E-state index contributed by atoms with van der Waals surface area (Å²) in [5.74, 6) is 2.74. The highest BCUT2D eigenvalue weighted by molar-refractivity contribution is 6.65. The first-order valence-electron chi connectivity index (χ1n) is 12.6. The van der Waals surface area contributed by atoms with E-state index in [1.54, 1.807) is 0 Å². The van der Waals surface area contributed by atoms with Crippen LogP contribution in [0.1, 0.15) is 103 Å². The molecule has 0 fully saturated rings. The maximum absolute atomic E-state index is 6.36. The normalized spacial score (nSPS) is 12.5.